The fraction of sp³-hybridized carbons (Fsp3) is 0.200. The number of rotatable bonds is 3. The first kappa shape index (κ1) is 14.4. The number of halogens is 2. The van der Waals surface area contributed by atoms with Crippen LogP contribution < -0.4 is 10.5 Å². The first-order valence-electron chi connectivity index (χ1n) is 5.87. The van der Waals surface area contributed by atoms with Gasteiger partial charge in [-0.1, -0.05) is 45.2 Å². The van der Waals surface area contributed by atoms with Crippen LogP contribution in [0.1, 0.15) is 22.7 Å². The molecule has 0 aliphatic carbocycles. The molecule has 4 heteroatoms. The minimum atomic E-state index is -0.273. The SMILES string of the molecule is COc1ccc(C)cc1C(N)c1cc(Cl)cc(Br)c1. The molecular formula is C15H15BrClNO. The summed E-state index contributed by atoms with van der Waals surface area (Å²) >= 11 is 9.50. The minimum Gasteiger partial charge on any atom is -0.496 e. The maximum absolute atomic E-state index is 6.34. The second-order valence-electron chi connectivity index (χ2n) is 4.43. The lowest BCUT2D eigenvalue weighted by atomic mass is 9.97. The molecule has 2 N–H and O–H groups in total. The molecule has 0 aromatic heterocycles. The van der Waals surface area contributed by atoms with Gasteiger partial charge in [0.1, 0.15) is 5.75 Å². The van der Waals surface area contributed by atoms with E-state index in [2.05, 4.69) is 15.9 Å². The Labute approximate surface area is 126 Å². The summed E-state index contributed by atoms with van der Waals surface area (Å²) in [4.78, 5) is 0. The molecule has 0 aliphatic rings. The van der Waals surface area contributed by atoms with E-state index in [1.165, 1.54) is 0 Å². The molecule has 0 radical (unpaired) electrons. The van der Waals surface area contributed by atoms with Crippen LogP contribution >= 0.6 is 27.5 Å². The number of ether oxygens (including phenoxy) is 1. The first-order valence-corrected chi connectivity index (χ1v) is 7.04. The van der Waals surface area contributed by atoms with E-state index in [-0.39, 0.29) is 6.04 Å². The molecule has 2 aromatic rings. The van der Waals surface area contributed by atoms with E-state index in [1.807, 2.05) is 43.3 Å². The van der Waals surface area contributed by atoms with E-state index >= 15 is 0 Å². The van der Waals surface area contributed by atoms with Crippen molar-refractivity contribution in [2.45, 2.75) is 13.0 Å². The predicted octanol–water partition coefficient (Wildman–Crippen LogP) is 4.47. The van der Waals surface area contributed by atoms with Crippen molar-refractivity contribution >= 4 is 27.5 Å². The quantitative estimate of drug-likeness (QED) is 0.895. The monoisotopic (exact) mass is 339 g/mol. The van der Waals surface area contributed by atoms with E-state index in [0.29, 0.717) is 5.02 Å². The molecule has 0 saturated heterocycles. The summed E-state index contributed by atoms with van der Waals surface area (Å²) in [6.45, 7) is 2.03. The molecule has 2 aromatic carbocycles. The van der Waals surface area contributed by atoms with Gasteiger partial charge >= 0.3 is 0 Å². The van der Waals surface area contributed by atoms with Crippen LogP contribution in [0.3, 0.4) is 0 Å². The summed E-state index contributed by atoms with van der Waals surface area (Å²) in [5, 5.41) is 0.659. The highest BCUT2D eigenvalue weighted by atomic mass is 79.9. The van der Waals surface area contributed by atoms with Crippen molar-refractivity contribution in [3.05, 3.63) is 62.6 Å². The predicted molar refractivity (Wildman–Crippen MR) is 82.9 cm³/mol. The number of aryl methyl sites for hydroxylation is 1. The lowest BCUT2D eigenvalue weighted by Crippen LogP contribution is -2.13. The topological polar surface area (TPSA) is 35.2 Å². The van der Waals surface area contributed by atoms with Gasteiger partial charge in [-0.3, -0.25) is 0 Å². The van der Waals surface area contributed by atoms with Crippen LogP contribution in [0.25, 0.3) is 0 Å². The van der Waals surface area contributed by atoms with Gasteiger partial charge in [-0.15, -0.1) is 0 Å². The van der Waals surface area contributed by atoms with E-state index in [9.17, 15) is 0 Å². The van der Waals surface area contributed by atoms with Crippen LogP contribution in [0.15, 0.2) is 40.9 Å². The zero-order valence-electron chi connectivity index (χ0n) is 10.8. The van der Waals surface area contributed by atoms with Crippen LogP contribution in [0, 0.1) is 6.92 Å². The highest BCUT2D eigenvalue weighted by Gasteiger charge is 2.15. The molecule has 0 amide bonds. The van der Waals surface area contributed by atoms with Gasteiger partial charge in [0.05, 0.1) is 13.2 Å². The van der Waals surface area contributed by atoms with Crippen molar-refractivity contribution in [3.8, 4) is 5.75 Å². The van der Waals surface area contributed by atoms with Gasteiger partial charge < -0.3 is 10.5 Å². The van der Waals surface area contributed by atoms with Gasteiger partial charge in [-0.25, -0.2) is 0 Å². The Morgan fingerprint density at radius 1 is 1.21 bits per heavy atom. The van der Waals surface area contributed by atoms with Crippen LogP contribution in [0.4, 0.5) is 0 Å². The molecule has 0 saturated carbocycles. The normalized spacial score (nSPS) is 12.3. The number of hydrogen-bond donors (Lipinski definition) is 1. The zero-order valence-corrected chi connectivity index (χ0v) is 13.1. The Kier molecular flexibility index (Phi) is 4.50. The van der Waals surface area contributed by atoms with Crippen molar-refractivity contribution in [1.29, 1.82) is 0 Å². The molecule has 100 valence electrons. The third-order valence-electron chi connectivity index (χ3n) is 2.96. The van der Waals surface area contributed by atoms with Gasteiger partial charge in [-0.05, 0) is 36.8 Å². The molecule has 2 nitrogen and oxygen atoms in total. The Morgan fingerprint density at radius 3 is 2.58 bits per heavy atom. The van der Waals surface area contributed by atoms with Crippen LogP contribution in [-0.4, -0.2) is 7.11 Å². The average molecular weight is 341 g/mol. The van der Waals surface area contributed by atoms with Crippen LogP contribution in [0.2, 0.25) is 5.02 Å². The molecular weight excluding hydrogens is 326 g/mol. The van der Waals surface area contributed by atoms with Crippen molar-refractivity contribution in [1.82, 2.24) is 0 Å². The fourth-order valence-electron chi connectivity index (χ4n) is 2.03. The third-order valence-corrected chi connectivity index (χ3v) is 3.64. The highest BCUT2D eigenvalue weighted by molar-refractivity contribution is 9.10. The molecule has 2 rings (SSSR count). The molecule has 1 unspecified atom stereocenters. The lowest BCUT2D eigenvalue weighted by molar-refractivity contribution is 0.407. The molecule has 0 heterocycles. The Balaban J connectivity index is 2.48. The summed E-state index contributed by atoms with van der Waals surface area (Å²) < 4.78 is 6.29. The Bertz CT molecular complexity index is 580. The molecule has 19 heavy (non-hydrogen) atoms. The third kappa shape index (κ3) is 3.30. The average Bonchev–Trinajstić information content (AvgIpc) is 2.36. The van der Waals surface area contributed by atoms with Gasteiger partial charge in [0.25, 0.3) is 0 Å². The molecule has 0 bridgehead atoms. The smallest absolute Gasteiger partial charge is 0.123 e. The summed E-state index contributed by atoms with van der Waals surface area (Å²) in [5.74, 6) is 0.786. The van der Waals surface area contributed by atoms with E-state index in [0.717, 1.165) is 26.9 Å². The maximum atomic E-state index is 6.34. The number of methoxy groups -OCH3 is 1. The molecule has 0 fully saturated rings. The second kappa shape index (κ2) is 5.95. The number of benzene rings is 2. The summed E-state index contributed by atoms with van der Waals surface area (Å²) in [6, 6.07) is 11.4. The largest absolute Gasteiger partial charge is 0.496 e. The summed E-state index contributed by atoms with van der Waals surface area (Å²) in [7, 11) is 1.65. The van der Waals surface area contributed by atoms with E-state index in [1.54, 1.807) is 7.11 Å². The molecule has 0 aliphatic heterocycles. The molecule has 0 spiro atoms. The van der Waals surface area contributed by atoms with Crippen molar-refractivity contribution in [3.63, 3.8) is 0 Å². The molecule has 1 atom stereocenters. The highest BCUT2D eigenvalue weighted by Crippen LogP contribution is 2.31. The van der Waals surface area contributed by atoms with Gasteiger partial charge in [-0.2, -0.15) is 0 Å². The second-order valence-corrected chi connectivity index (χ2v) is 5.78. The Hall–Kier alpha value is -1.03. The van der Waals surface area contributed by atoms with Crippen LogP contribution in [-0.2, 0) is 0 Å². The summed E-state index contributed by atoms with van der Waals surface area (Å²) in [5.41, 5.74) is 9.39. The zero-order chi connectivity index (χ0) is 14.0. The van der Waals surface area contributed by atoms with Gasteiger partial charge in [0.2, 0.25) is 0 Å². The van der Waals surface area contributed by atoms with Crippen molar-refractivity contribution < 1.29 is 4.74 Å². The van der Waals surface area contributed by atoms with E-state index in [4.69, 9.17) is 22.1 Å². The van der Waals surface area contributed by atoms with Gasteiger partial charge in [0.15, 0.2) is 0 Å². The van der Waals surface area contributed by atoms with Crippen LogP contribution in [0.5, 0.6) is 5.75 Å². The number of nitrogens with two attached hydrogens (primary N) is 1. The van der Waals surface area contributed by atoms with E-state index < -0.39 is 0 Å². The lowest BCUT2D eigenvalue weighted by Gasteiger charge is -2.17. The Morgan fingerprint density at radius 2 is 1.95 bits per heavy atom. The maximum Gasteiger partial charge on any atom is 0.123 e. The fourth-order valence-corrected chi connectivity index (χ4v) is 2.92. The van der Waals surface area contributed by atoms with Crippen molar-refractivity contribution in [2.75, 3.05) is 7.11 Å². The standard InChI is InChI=1S/C15H15BrClNO/c1-9-3-4-14(19-2)13(5-9)15(18)10-6-11(16)8-12(17)7-10/h3-8,15H,18H2,1-2H3. The summed E-state index contributed by atoms with van der Waals surface area (Å²) in [6.07, 6.45) is 0. The minimum absolute atomic E-state index is 0.273. The number of hydrogen-bond acceptors (Lipinski definition) is 2. The van der Waals surface area contributed by atoms with Crippen molar-refractivity contribution in [2.24, 2.45) is 5.73 Å². The van der Waals surface area contributed by atoms with Gasteiger partial charge in [0, 0.05) is 15.1 Å². The first-order chi connectivity index (χ1) is 9.01.